The third kappa shape index (κ3) is 3.83. The van der Waals surface area contributed by atoms with Crippen molar-refractivity contribution in [2.24, 2.45) is 0 Å². The molecule has 0 saturated carbocycles. The minimum Gasteiger partial charge on any atom is -0.320 e. The van der Waals surface area contributed by atoms with Crippen LogP contribution in [-0.2, 0) is 13.8 Å². The van der Waals surface area contributed by atoms with Crippen LogP contribution in [-0.4, -0.2) is 26.7 Å². The standard InChI is InChI=1S/C9H5BrClF4NO3S/c10-5-3-4(20(11,18)19)1-2-6(5)16-8(17)9(14,15)7(12)13/h1-3,7H,(H,16,17). The van der Waals surface area contributed by atoms with E-state index in [9.17, 15) is 30.8 Å². The first kappa shape index (κ1) is 17.2. The number of carbonyl (C=O) groups is 1. The molecule has 0 radical (unpaired) electrons. The molecule has 0 aliphatic heterocycles. The first-order valence-corrected chi connectivity index (χ1v) is 7.78. The van der Waals surface area contributed by atoms with Gasteiger partial charge in [-0.15, -0.1) is 0 Å². The third-order valence-electron chi connectivity index (χ3n) is 2.05. The number of carbonyl (C=O) groups excluding carboxylic acids is 1. The van der Waals surface area contributed by atoms with Gasteiger partial charge in [0.05, 0.1) is 10.6 Å². The van der Waals surface area contributed by atoms with Gasteiger partial charge >= 0.3 is 18.3 Å². The maximum absolute atomic E-state index is 12.7. The molecule has 0 bridgehead atoms. The van der Waals surface area contributed by atoms with Gasteiger partial charge in [0.15, 0.2) is 0 Å². The van der Waals surface area contributed by atoms with E-state index in [1.807, 2.05) is 0 Å². The summed E-state index contributed by atoms with van der Waals surface area (Å²) in [5.74, 6) is -7.08. The van der Waals surface area contributed by atoms with E-state index in [0.717, 1.165) is 18.2 Å². The highest BCUT2D eigenvalue weighted by molar-refractivity contribution is 9.10. The zero-order valence-electron chi connectivity index (χ0n) is 9.21. The first-order valence-electron chi connectivity index (χ1n) is 4.68. The number of amides is 1. The fourth-order valence-electron chi connectivity index (χ4n) is 1.05. The Hall–Kier alpha value is -0.870. The number of benzene rings is 1. The molecule has 1 N–H and O–H groups in total. The van der Waals surface area contributed by atoms with Gasteiger partial charge in [0.2, 0.25) is 0 Å². The predicted molar refractivity (Wildman–Crippen MR) is 66.8 cm³/mol. The van der Waals surface area contributed by atoms with Crippen molar-refractivity contribution < 1.29 is 30.8 Å². The topological polar surface area (TPSA) is 63.2 Å². The second-order valence-corrected chi connectivity index (χ2v) is 6.88. The summed E-state index contributed by atoms with van der Waals surface area (Å²) in [5, 5.41) is 1.56. The van der Waals surface area contributed by atoms with Crippen LogP contribution >= 0.6 is 26.6 Å². The van der Waals surface area contributed by atoms with Crippen molar-refractivity contribution in [1.82, 2.24) is 0 Å². The van der Waals surface area contributed by atoms with E-state index < -0.39 is 27.3 Å². The SMILES string of the molecule is O=C(Nc1ccc(S(=O)(=O)Cl)cc1Br)C(F)(F)C(F)F. The van der Waals surface area contributed by atoms with Crippen molar-refractivity contribution in [3.8, 4) is 0 Å². The van der Waals surface area contributed by atoms with Crippen molar-refractivity contribution in [3.63, 3.8) is 0 Å². The largest absolute Gasteiger partial charge is 0.383 e. The molecule has 0 heterocycles. The summed E-state index contributed by atoms with van der Waals surface area (Å²) in [6.07, 6.45) is -4.16. The van der Waals surface area contributed by atoms with Crippen molar-refractivity contribution in [2.75, 3.05) is 5.32 Å². The summed E-state index contributed by atoms with van der Waals surface area (Å²) in [7, 11) is 0.997. The number of hydrogen-bond donors (Lipinski definition) is 1. The highest BCUT2D eigenvalue weighted by Crippen LogP contribution is 2.30. The van der Waals surface area contributed by atoms with Gasteiger partial charge in [-0.25, -0.2) is 17.2 Å². The maximum atomic E-state index is 12.7. The Bertz CT molecular complexity index is 638. The zero-order valence-corrected chi connectivity index (χ0v) is 12.4. The Balaban J connectivity index is 3.04. The molecule has 0 aromatic heterocycles. The van der Waals surface area contributed by atoms with Crippen LogP contribution in [0.4, 0.5) is 23.2 Å². The van der Waals surface area contributed by atoms with Crippen LogP contribution in [0.25, 0.3) is 0 Å². The Morgan fingerprint density at radius 3 is 2.30 bits per heavy atom. The van der Waals surface area contributed by atoms with Crippen LogP contribution in [0.2, 0.25) is 0 Å². The van der Waals surface area contributed by atoms with Gasteiger partial charge in [-0.05, 0) is 34.1 Å². The Kier molecular flexibility index (Phi) is 5.03. The van der Waals surface area contributed by atoms with E-state index in [1.165, 1.54) is 0 Å². The van der Waals surface area contributed by atoms with E-state index >= 15 is 0 Å². The van der Waals surface area contributed by atoms with Gasteiger partial charge in [-0.2, -0.15) is 8.78 Å². The summed E-state index contributed by atoms with van der Waals surface area (Å²) in [5.41, 5.74) is -0.306. The maximum Gasteiger partial charge on any atom is 0.383 e. The number of halogens is 6. The smallest absolute Gasteiger partial charge is 0.320 e. The second-order valence-electron chi connectivity index (χ2n) is 3.46. The molecule has 1 aromatic carbocycles. The van der Waals surface area contributed by atoms with E-state index in [2.05, 4.69) is 15.9 Å². The fraction of sp³-hybridized carbons (Fsp3) is 0.222. The lowest BCUT2D eigenvalue weighted by atomic mass is 10.3. The number of nitrogens with one attached hydrogen (secondary N) is 1. The van der Waals surface area contributed by atoms with Gasteiger partial charge in [0, 0.05) is 15.2 Å². The average Bonchev–Trinajstić information content (AvgIpc) is 2.29. The Morgan fingerprint density at radius 2 is 1.90 bits per heavy atom. The van der Waals surface area contributed by atoms with Gasteiger partial charge in [-0.3, -0.25) is 4.79 Å². The van der Waals surface area contributed by atoms with Gasteiger partial charge in [0.1, 0.15) is 0 Å². The van der Waals surface area contributed by atoms with Crippen molar-refractivity contribution in [3.05, 3.63) is 22.7 Å². The van der Waals surface area contributed by atoms with Gasteiger partial charge in [-0.1, -0.05) is 0 Å². The van der Waals surface area contributed by atoms with Gasteiger partial charge in [0.25, 0.3) is 9.05 Å². The highest BCUT2D eigenvalue weighted by atomic mass is 79.9. The molecule has 11 heteroatoms. The molecule has 1 amide bonds. The normalized spacial score (nSPS) is 12.6. The van der Waals surface area contributed by atoms with Crippen LogP contribution in [0.5, 0.6) is 0 Å². The number of hydrogen-bond acceptors (Lipinski definition) is 3. The molecule has 112 valence electrons. The summed E-state index contributed by atoms with van der Waals surface area (Å²) in [6, 6.07) is 2.78. The average molecular weight is 399 g/mol. The summed E-state index contributed by atoms with van der Waals surface area (Å²) in [6.45, 7) is 0. The lowest BCUT2D eigenvalue weighted by Crippen LogP contribution is -2.41. The monoisotopic (exact) mass is 397 g/mol. The molecular formula is C9H5BrClF4NO3S. The summed E-state index contributed by atoms with van der Waals surface area (Å²) >= 11 is 2.80. The van der Waals surface area contributed by atoms with Crippen molar-refractivity contribution in [1.29, 1.82) is 0 Å². The van der Waals surface area contributed by atoms with Crippen LogP contribution < -0.4 is 5.32 Å². The molecule has 4 nitrogen and oxygen atoms in total. The molecule has 0 fully saturated rings. The lowest BCUT2D eigenvalue weighted by molar-refractivity contribution is -0.163. The minimum absolute atomic E-state index is 0.113. The Labute approximate surface area is 123 Å². The lowest BCUT2D eigenvalue weighted by Gasteiger charge is -2.15. The molecule has 0 aliphatic carbocycles. The molecule has 0 saturated heterocycles. The fourth-order valence-corrected chi connectivity index (χ4v) is 2.46. The van der Waals surface area contributed by atoms with E-state index in [1.54, 1.807) is 5.32 Å². The molecule has 1 rings (SSSR count). The molecule has 0 aliphatic rings. The third-order valence-corrected chi connectivity index (χ3v) is 4.05. The molecule has 0 atom stereocenters. The van der Waals surface area contributed by atoms with Gasteiger partial charge < -0.3 is 5.32 Å². The Morgan fingerprint density at radius 1 is 1.35 bits per heavy atom. The number of alkyl halides is 4. The van der Waals surface area contributed by atoms with Crippen molar-refractivity contribution in [2.45, 2.75) is 17.2 Å². The van der Waals surface area contributed by atoms with Crippen molar-refractivity contribution >= 4 is 47.3 Å². The van der Waals surface area contributed by atoms with Crippen LogP contribution in [0.3, 0.4) is 0 Å². The van der Waals surface area contributed by atoms with E-state index in [0.29, 0.717) is 0 Å². The van der Waals surface area contributed by atoms with Crippen LogP contribution in [0.15, 0.2) is 27.6 Å². The van der Waals surface area contributed by atoms with E-state index in [4.69, 9.17) is 10.7 Å². The molecule has 1 aromatic rings. The zero-order chi connectivity index (χ0) is 15.7. The quantitative estimate of drug-likeness (QED) is 0.626. The first-order chi connectivity index (χ1) is 8.96. The number of anilines is 1. The highest BCUT2D eigenvalue weighted by Gasteiger charge is 2.49. The molecular weight excluding hydrogens is 394 g/mol. The molecule has 20 heavy (non-hydrogen) atoms. The van der Waals surface area contributed by atoms with Crippen LogP contribution in [0, 0.1) is 0 Å². The summed E-state index contributed by atoms with van der Waals surface area (Å²) < 4.78 is 71.3. The minimum atomic E-state index is -4.86. The summed E-state index contributed by atoms with van der Waals surface area (Å²) in [4.78, 5) is 10.6. The molecule has 0 unspecified atom stereocenters. The van der Waals surface area contributed by atoms with E-state index in [-0.39, 0.29) is 15.1 Å². The van der Waals surface area contributed by atoms with Crippen LogP contribution in [0.1, 0.15) is 0 Å². The second kappa shape index (κ2) is 5.86. The number of rotatable bonds is 4. The predicted octanol–water partition coefficient (Wildman–Crippen LogP) is 3.22. The molecule has 0 spiro atoms.